The van der Waals surface area contributed by atoms with Crippen molar-refractivity contribution in [2.45, 2.75) is 70.9 Å². The number of ether oxygens (including phenoxy) is 1. The Bertz CT molecular complexity index is 1140. The summed E-state index contributed by atoms with van der Waals surface area (Å²) in [6.45, 7) is 17.3. The summed E-state index contributed by atoms with van der Waals surface area (Å²) >= 11 is 0. The van der Waals surface area contributed by atoms with Gasteiger partial charge in [-0.3, -0.25) is 9.59 Å². The first-order chi connectivity index (χ1) is 14.8. The van der Waals surface area contributed by atoms with Gasteiger partial charge in [0.15, 0.2) is 5.78 Å². The van der Waals surface area contributed by atoms with Crippen LogP contribution in [0.4, 0.5) is 0 Å². The van der Waals surface area contributed by atoms with Crippen LogP contribution in [0.3, 0.4) is 0 Å². The molecule has 0 saturated heterocycles. The number of hydrogen-bond donors (Lipinski definition) is 1. The van der Waals surface area contributed by atoms with E-state index < -0.39 is 15.2 Å². The molecule has 0 radical (unpaired) electrons. The molecule has 170 valence electrons. The highest BCUT2D eigenvalue weighted by molar-refractivity contribution is 7.41. The van der Waals surface area contributed by atoms with Gasteiger partial charge in [-0.1, -0.05) is 51.8 Å². The first-order valence-corrected chi connectivity index (χ1v) is 19.1. The standard InChI is InChI=1S/C26H34O4Si2/c1-8-30-20-14-16-15-26(2,32(6,7)31(3,4)5)13-12-17(16)22-23(20)25(29)21-18(24(22)28)10-9-11-19(21)27/h9-11,14,27H,8,12-13,15H2,1-7H3. The van der Waals surface area contributed by atoms with Gasteiger partial charge in [-0.25, -0.2) is 0 Å². The predicted octanol–water partition coefficient (Wildman–Crippen LogP) is 5.94. The number of rotatable bonds is 4. The predicted molar refractivity (Wildman–Crippen MR) is 134 cm³/mol. The zero-order valence-corrected chi connectivity index (χ0v) is 22.3. The molecule has 1 N–H and O–H groups in total. The van der Waals surface area contributed by atoms with Gasteiger partial charge in [0.2, 0.25) is 5.78 Å². The highest BCUT2D eigenvalue weighted by atomic mass is 29.3. The molecule has 0 saturated carbocycles. The topological polar surface area (TPSA) is 63.6 Å². The second-order valence-corrected chi connectivity index (χ2v) is 28.4. The van der Waals surface area contributed by atoms with Gasteiger partial charge in [-0.2, -0.15) is 0 Å². The summed E-state index contributed by atoms with van der Waals surface area (Å²) in [4.78, 5) is 27.1. The number of hydrogen-bond acceptors (Lipinski definition) is 4. The van der Waals surface area contributed by atoms with E-state index in [0.717, 1.165) is 30.4 Å². The maximum atomic E-state index is 13.6. The van der Waals surface area contributed by atoms with Crippen LogP contribution < -0.4 is 4.74 Å². The molecule has 2 aromatic carbocycles. The van der Waals surface area contributed by atoms with Crippen LogP contribution >= 0.6 is 0 Å². The molecule has 0 aromatic heterocycles. The number of benzene rings is 2. The van der Waals surface area contributed by atoms with Gasteiger partial charge in [-0.15, -0.1) is 0 Å². The Labute approximate surface area is 192 Å². The van der Waals surface area contributed by atoms with Crippen LogP contribution in [0.1, 0.15) is 63.2 Å². The Hall–Kier alpha value is -2.19. The lowest BCUT2D eigenvalue weighted by molar-refractivity contribution is 0.0972. The van der Waals surface area contributed by atoms with E-state index >= 15 is 0 Å². The number of phenolic OH excluding ortho intramolecular Hbond substituents is 1. The molecule has 2 aliphatic carbocycles. The van der Waals surface area contributed by atoms with Crippen LogP contribution in [0, 0.1) is 0 Å². The van der Waals surface area contributed by atoms with Crippen molar-refractivity contribution in [3.8, 4) is 11.5 Å². The summed E-state index contributed by atoms with van der Waals surface area (Å²) in [5, 5.41) is 10.6. The number of aromatic hydroxyl groups is 1. The first-order valence-electron chi connectivity index (χ1n) is 11.6. The normalized spacial score (nSPS) is 20.5. The molecule has 0 bridgehead atoms. The highest BCUT2D eigenvalue weighted by Crippen LogP contribution is 2.54. The van der Waals surface area contributed by atoms with Crippen molar-refractivity contribution < 1.29 is 19.4 Å². The molecule has 0 heterocycles. The van der Waals surface area contributed by atoms with Gasteiger partial charge in [0.05, 0.1) is 17.7 Å². The van der Waals surface area contributed by atoms with Crippen LogP contribution in [0.2, 0.25) is 37.8 Å². The molecule has 1 atom stereocenters. The van der Waals surface area contributed by atoms with Gasteiger partial charge in [-0.05, 0) is 54.5 Å². The zero-order valence-electron chi connectivity index (χ0n) is 20.3. The minimum Gasteiger partial charge on any atom is -0.507 e. The summed E-state index contributed by atoms with van der Waals surface area (Å²) in [5.74, 6) is -0.162. The van der Waals surface area contributed by atoms with Crippen molar-refractivity contribution in [3.63, 3.8) is 0 Å². The van der Waals surface area contributed by atoms with Gasteiger partial charge in [0.25, 0.3) is 0 Å². The maximum Gasteiger partial charge on any atom is 0.201 e. The van der Waals surface area contributed by atoms with Crippen molar-refractivity contribution >= 4 is 26.7 Å². The van der Waals surface area contributed by atoms with Crippen molar-refractivity contribution in [1.29, 1.82) is 0 Å². The fourth-order valence-corrected chi connectivity index (χ4v) is 14.8. The molecule has 0 aliphatic heterocycles. The summed E-state index contributed by atoms with van der Waals surface area (Å²) in [6, 6.07) is 6.75. The highest BCUT2D eigenvalue weighted by Gasteiger charge is 2.52. The average Bonchev–Trinajstić information content (AvgIpc) is 2.70. The number of carbonyl (C=O) groups is 2. The van der Waals surface area contributed by atoms with Crippen molar-refractivity contribution in [3.05, 3.63) is 57.6 Å². The Morgan fingerprint density at radius 3 is 2.34 bits per heavy atom. The van der Waals surface area contributed by atoms with E-state index in [1.54, 1.807) is 12.1 Å². The molecule has 32 heavy (non-hydrogen) atoms. The van der Waals surface area contributed by atoms with E-state index in [2.05, 4.69) is 39.7 Å². The largest absolute Gasteiger partial charge is 0.507 e. The number of ketones is 2. The fourth-order valence-electron chi connectivity index (χ4n) is 5.52. The number of carbonyl (C=O) groups excluding carboxylic acids is 2. The molecular formula is C26H34O4Si2. The summed E-state index contributed by atoms with van der Waals surface area (Å²) in [7, 11) is -2.89. The SMILES string of the molecule is CCOc1cc2c(c3c1C(=O)c1c(O)cccc1C3=O)CCC(C)([Si](C)(C)[Si](C)(C)C)C2. The van der Waals surface area contributed by atoms with Crippen LogP contribution in [0.5, 0.6) is 11.5 Å². The van der Waals surface area contributed by atoms with Crippen LogP contribution in [-0.4, -0.2) is 38.5 Å². The van der Waals surface area contributed by atoms with E-state index in [9.17, 15) is 14.7 Å². The van der Waals surface area contributed by atoms with Crippen LogP contribution in [0.15, 0.2) is 24.3 Å². The quantitative estimate of drug-likeness (QED) is 0.483. The average molecular weight is 467 g/mol. The lowest BCUT2D eigenvalue weighted by Gasteiger charge is -2.52. The van der Waals surface area contributed by atoms with E-state index in [0.29, 0.717) is 29.0 Å². The Balaban J connectivity index is 1.93. The number of fused-ring (bicyclic) bond motifs is 4. The molecule has 0 fully saturated rings. The van der Waals surface area contributed by atoms with Crippen molar-refractivity contribution in [1.82, 2.24) is 0 Å². The smallest absolute Gasteiger partial charge is 0.201 e. The molecule has 2 aromatic rings. The minimum atomic E-state index is -1.55. The summed E-state index contributed by atoms with van der Waals surface area (Å²) in [6.07, 6.45) is 2.76. The third-order valence-corrected chi connectivity index (χ3v) is 28.9. The Morgan fingerprint density at radius 1 is 1.03 bits per heavy atom. The zero-order chi connectivity index (χ0) is 23.6. The monoisotopic (exact) mass is 466 g/mol. The fraction of sp³-hybridized carbons (Fsp3) is 0.462. The van der Waals surface area contributed by atoms with Crippen LogP contribution in [0.25, 0.3) is 0 Å². The summed E-state index contributed by atoms with van der Waals surface area (Å²) < 4.78 is 5.93. The van der Waals surface area contributed by atoms with E-state index in [4.69, 9.17) is 4.74 Å². The third-order valence-electron chi connectivity index (χ3n) is 8.65. The molecule has 6 heteroatoms. The summed E-state index contributed by atoms with van der Waals surface area (Å²) in [5.41, 5.74) is 3.39. The van der Waals surface area contributed by atoms with Crippen molar-refractivity contribution in [2.24, 2.45) is 0 Å². The second kappa shape index (κ2) is 7.42. The van der Waals surface area contributed by atoms with Crippen LogP contribution in [-0.2, 0) is 12.8 Å². The van der Waals surface area contributed by atoms with E-state index in [1.165, 1.54) is 6.07 Å². The second-order valence-electron chi connectivity index (χ2n) is 11.2. The molecule has 4 nitrogen and oxygen atoms in total. The Morgan fingerprint density at radius 2 is 1.72 bits per heavy atom. The van der Waals surface area contributed by atoms with E-state index in [-0.39, 0.29) is 27.9 Å². The molecule has 0 spiro atoms. The lowest BCUT2D eigenvalue weighted by atomic mass is 9.74. The molecule has 2 aliphatic rings. The van der Waals surface area contributed by atoms with E-state index in [1.807, 2.05) is 13.0 Å². The third kappa shape index (κ3) is 3.14. The minimum absolute atomic E-state index is 0.0961. The first kappa shape index (κ1) is 23.0. The molecular weight excluding hydrogens is 432 g/mol. The molecule has 1 unspecified atom stereocenters. The van der Waals surface area contributed by atoms with Gasteiger partial charge in [0.1, 0.15) is 11.5 Å². The number of phenols is 1. The van der Waals surface area contributed by atoms with Gasteiger partial charge < -0.3 is 9.84 Å². The Kier molecular flexibility index (Phi) is 5.33. The van der Waals surface area contributed by atoms with Gasteiger partial charge in [0, 0.05) is 26.3 Å². The maximum absolute atomic E-state index is 13.6. The molecule has 4 rings (SSSR count). The van der Waals surface area contributed by atoms with Gasteiger partial charge >= 0.3 is 0 Å². The van der Waals surface area contributed by atoms with Crippen molar-refractivity contribution in [2.75, 3.05) is 6.61 Å². The molecule has 0 amide bonds. The lowest BCUT2D eigenvalue weighted by Crippen LogP contribution is -2.61.